The van der Waals surface area contributed by atoms with Crippen LogP contribution in [0.4, 0.5) is 16.8 Å². The predicted octanol–water partition coefficient (Wildman–Crippen LogP) is 2.14. The molecule has 2 heterocycles. The van der Waals surface area contributed by atoms with Crippen molar-refractivity contribution in [1.29, 1.82) is 0 Å². The van der Waals surface area contributed by atoms with Crippen LogP contribution in [0.3, 0.4) is 0 Å². The van der Waals surface area contributed by atoms with Gasteiger partial charge in [0.05, 0.1) is 5.69 Å². The molecule has 0 unspecified atom stereocenters. The van der Waals surface area contributed by atoms with Gasteiger partial charge in [0, 0.05) is 17.3 Å². The highest BCUT2D eigenvalue weighted by Gasteiger charge is 2.15. The monoisotopic (exact) mass is 247 g/mol. The molecule has 0 aliphatic heterocycles. The Balaban J connectivity index is 1.86. The average Bonchev–Trinajstić information content (AvgIpc) is 2.74. The maximum Gasteiger partial charge on any atom is 0.188 e. The van der Waals surface area contributed by atoms with Gasteiger partial charge in [0.2, 0.25) is 0 Å². The van der Waals surface area contributed by atoms with Crippen LogP contribution in [0, 0.1) is 0 Å². The smallest absolute Gasteiger partial charge is 0.188 e. The van der Waals surface area contributed by atoms with E-state index in [4.69, 9.17) is 5.73 Å². The molecule has 5 nitrogen and oxygen atoms in total. The summed E-state index contributed by atoms with van der Waals surface area (Å²) in [6.07, 6.45) is 7.93. The molecule has 0 amide bonds. The van der Waals surface area contributed by atoms with Crippen LogP contribution < -0.4 is 11.1 Å². The van der Waals surface area contributed by atoms with Crippen molar-refractivity contribution in [3.8, 4) is 0 Å². The van der Waals surface area contributed by atoms with Gasteiger partial charge in [-0.1, -0.05) is 0 Å². The number of fused-ring (bicyclic) bond motifs is 1. The van der Waals surface area contributed by atoms with Crippen LogP contribution >= 0.6 is 11.3 Å². The minimum absolute atomic E-state index is 0.403. The summed E-state index contributed by atoms with van der Waals surface area (Å²) in [6.45, 7) is 0. The second-order valence-corrected chi connectivity index (χ2v) is 5.09. The Bertz CT molecular complexity index is 513. The third-order valence-corrected chi connectivity index (χ3v) is 3.87. The van der Waals surface area contributed by atoms with Crippen LogP contribution in [-0.4, -0.2) is 15.0 Å². The van der Waals surface area contributed by atoms with Gasteiger partial charge in [0.1, 0.15) is 0 Å². The molecule has 0 fully saturated rings. The highest BCUT2D eigenvalue weighted by Crippen LogP contribution is 2.31. The first-order valence-corrected chi connectivity index (χ1v) is 6.46. The first kappa shape index (κ1) is 10.5. The number of anilines is 3. The average molecular weight is 247 g/mol. The van der Waals surface area contributed by atoms with Crippen LogP contribution in [0.2, 0.25) is 0 Å². The lowest BCUT2D eigenvalue weighted by atomic mass is 10.0. The summed E-state index contributed by atoms with van der Waals surface area (Å²) in [5, 5.41) is 4.00. The minimum Gasteiger partial charge on any atom is -0.381 e. The summed E-state index contributed by atoms with van der Waals surface area (Å²) in [7, 11) is 0. The van der Waals surface area contributed by atoms with E-state index in [-0.39, 0.29) is 0 Å². The SMILES string of the molecule is Nc1nccnc1Nc1nc2c(s1)CCCC2. The number of aromatic nitrogens is 3. The topological polar surface area (TPSA) is 76.7 Å². The van der Waals surface area contributed by atoms with E-state index in [1.54, 1.807) is 23.7 Å². The molecule has 0 atom stereocenters. The predicted molar refractivity (Wildman–Crippen MR) is 68.5 cm³/mol. The molecule has 6 heteroatoms. The maximum atomic E-state index is 5.73. The largest absolute Gasteiger partial charge is 0.381 e. The Morgan fingerprint density at radius 2 is 2.00 bits per heavy atom. The van der Waals surface area contributed by atoms with E-state index in [0.29, 0.717) is 11.6 Å². The molecule has 0 radical (unpaired) electrons. The quantitative estimate of drug-likeness (QED) is 0.850. The molecule has 0 aromatic carbocycles. The lowest BCUT2D eigenvalue weighted by Gasteiger charge is -2.06. The van der Waals surface area contributed by atoms with Gasteiger partial charge in [0.25, 0.3) is 0 Å². The molecule has 2 aromatic heterocycles. The molecule has 1 aliphatic rings. The summed E-state index contributed by atoms with van der Waals surface area (Å²) in [4.78, 5) is 14.1. The molecule has 2 aromatic rings. The Morgan fingerprint density at radius 3 is 2.82 bits per heavy atom. The normalized spacial score (nSPS) is 14.4. The number of hydrogen-bond acceptors (Lipinski definition) is 6. The van der Waals surface area contributed by atoms with Crippen molar-refractivity contribution in [3.63, 3.8) is 0 Å². The van der Waals surface area contributed by atoms with E-state index >= 15 is 0 Å². The van der Waals surface area contributed by atoms with Crippen molar-refractivity contribution < 1.29 is 0 Å². The van der Waals surface area contributed by atoms with Gasteiger partial charge in [-0.05, 0) is 25.7 Å². The Kier molecular flexibility index (Phi) is 2.64. The lowest BCUT2D eigenvalue weighted by Crippen LogP contribution is -2.01. The summed E-state index contributed by atoms with van der Waals surface area (Å²) in [5.74, 6) is 0.985. The molecule has 0 spiro atoms. The zero-order valence-electron chi connectivity index (χ0n) is 9.31. The summed E-state index contributed by atoms with van der Waals surface area (Å²) in [6, 6.07) is 0. The van der Waals surface area contributed by atoms with Crippen molar-refractivity contribution in [2.24, 2.45) is 0 Å². The lowest BCUT2D eigenvalue weighted by molar-refractivity contribution is 0.683. The van der Waals surface area contributed by atoms with Crippen molar-refractivity contribution >= 4 is 28.1 Å². The maximum absolute atomic E-state index is 5.73. The first-order chi connectivity index (χ1) is 8.33. The van der Waals surface area contributed by atoms with E-state index < -0.39 is 0 Å². The highest BCUT2D eigenvalue weighted by atomic mass is 32.1. The fourth-order valence-electron chi connectivity index (χ4n) is 1.95. The summed E-state index contributed by atoms with van der Waals surface area (Å²) < 4.78 is 0. The molecule has 0 saturated carbocycles. The van der Waals surface area contributed by atoms with E-state index in [1.807, 2.05) is 0 Å². The van der Waals surface area contributed by atoms with Crippen LogP contribution in [0.25, 0.3) is 0 Å². The zero-order chi connectivity index (χ0) is 11.7. The van der Waals surface area contributed by atoms with Crippen molar-refractivity contribution in [2.45, 2.75) is 25.7 Å². The summed E-state index contributed by atoms with van der Waals surface area (Å²) >= 11 is 1.69. The van der Waals surface area contributed by atoms with E-state index in [0.717, 1.165) is 18.0 Å². The number of nitrogens with two attached hydrogens (primary N) is 1. The van der Waals surface area contributed by atoms with Crippen LogP contribution in [0.1, 0.15) is 23.4 Å². The molecule has 0 saturated heterocycles. The van der Waals surface area contributed by atoms with Gasteiger partial charge in [-0.2, -0.15) is 0 Å². The number of aryl methyl sites for hydroxylation is 2. The number of thiazole rings is 1. The van der Waals surface area contributed by atoms with Crippen LogP contribution in [-0.2, 0) is 12.8 Å². The number of nitrogens with zero attached hydrogens (tertiary/aromatic N) is 3. The molecule has 17 heavy (non-hydrogen) atoms. The fraction of sp³-hybridized carbons (Fsp3) is 0.364. The fourth-order valence-corrected chi connectivity index (χ4v) is 3.00. The number of nitrogen functional groups attached to an aromatic ring is 1. The van der Waals surface area contributed by atoms with E-state index in [2.05, 4.69) is 20.3 Å². The van der Waals surface area contributed by atoms with Crippen molar-refractivity contribution in [1.82, 2.24) is 15.0 Å². The highest BCUT2D eigenvalue weighted by molar-refractivity contribution is 7.15. The van der Waals surface area contributed by atoms with Gasteiger partial charge >= 0.3 is 0 Å². The Hall–Kier alpha value is -1.69. The molecule has 88 valence electrons. The van der Waals surface area contributed by atoms with Gasteiger partial charge in [0.15, 0.2) is 16.8 Å². The third-order valence-electron chi connectivity index (χ3n) is 2.80. The molecule has 0 bridgehead atoms. The van der Waals surface area contributed by atoms with Crippen LogP contribution in [0.15, 0.2) is 12.4 Å². The Labute approximate surface area is 103 Å². The van der Waals surface area contributed by atoms with Gasteiger partial charge < -0.3 is 11.1 Å². The number of rotatable bonds is 2. The molecular formula is C11H13N5S. The summed E-state index contributed by atoms with van der Waals surface area (Å²) in [5.41, 5.74) is 6.96. The molecule has 3 rings (SSSR count). The van der Waals surface area contributed by atoms with Crippen molar-refractivity contribution in [3.05, 3.63) is 23.0 Å². The minimum atomic E-state index is 0.403. The number of nitrogens with one attached hydrogen (secondary N) is 1. The van der Waals surface area contributed by atoms with Crippen LogP contribution in [0.5, 0.6) is 0 Å². The third kappa shape index (κ3) is 2.08. The molecular weight excluding hydrogens is 234 g/mol. The van der Waals surface area contributed by atoms with E-state index in [1.165, 1.54) is 23.4 Å². The molecule has 1 aliphatic carbocycles. The zero-order valence-corrected chi connectivity index (χ0v) is 10.1. The van der Waals surface area contributed by atoms with Gasteiger partial charge in [-0.3, -0.25) is 0 Å². The first-order valence-electron chi connectivity index (χ1n) is 5.65. The van der Waals surface area contributed by atoms with Gasteiger partial charge in [-0.15, -0.1) is 11.3 Å². The Morgan fingerprint density at radius 1 is 1.18 bits per heavy atom. The van der Waals surface area contributed by atoms with Crippen molar-refractivity contribution in [2.75, 3.05) is 11.1 Å². The standard InChI is InChI=1S/C11H13N5S/c12-9-10(14-6-5-13-9)16-11-15-7-3-1-2-4-8(7)17-11/h5-6H,1-4H2,(H2,12,13)(H,14,15,16). The second kappa shape index (κ2) is 4.29. The second-order valence-electron chi connectivity index (χ2n) is 4.01. The van der Waals surface area contributed by atoms with E-state index in [9.17, 15) is 0 Å². The number of hydrogen-bond donors (Lipinski definition) is 2. The molecule has 3 N–H and O–H groups in total. The van der Waals surface area contributed by atoms with Gasteiger partial charge in [-0.25, -0.2) is 15.0 Å².